The van der Waals surface area contributed by atoms with Crippen LogP contribution in [-0.4, -0.2) is 55.9 Å². The molecule has 3 fully saturated rings. The Morgan fingerprint density at radius 1 is 1.02 bits per heavy atom. The van der Waals surface area contributed by atoms with Crippen molar-refractivity contribution in [2.75, 3.05) is 6.61 Å². The SMILES string of the molecule is Cc1nc(-c2cn([C@H]3C[C@H](COc4cccc5c4C(=O)N(C4CCC(=O)NC4=O)C5=O)C3)nc2C2CC2)ccc1F. The normalized spacial score (nSPS) is 23.9. The third-order valence-electron chi connectivity index (χ3n) is 8.51. The van der Waals surface area contributed by atoms with Crippen LogP contribution in [0.3, 0.4) is 0 Å². The lowest BCUT2D eigenvalue weighted by Crippen LogP contribution is -2.54. The zero-order valence-electron chi connectivity index (χ0n) is 22.4. The Labute approximate surface area is 234 Å². The average Bonchev–Trinajstić information content (AvgIpc) is 3.63. The standard InChI is InChI=1S/C30H28FN5O5/c1-15-21(31)7-8-22(32-15)20-13-35(34-27(20)17-5-6-17)18-11-16(12-18)14-41-24-4-2-3-19-26(24)30(40)36(29(19)39)23-9-10-25(37)33-28(23)38/h2-4,7-8,13,16-18,23H,5-6,9-12,14H2,1H3,(H,33,37,38)/t16-,18-,23?. The van der Waals surface area contributed by atoms with Crippen LogP contribution in [0.2, 0.25) is 0 Å². The topological polar surface area (TPSA) is 123 Å². The molecule has 1 aromatic carbocycles. The fraction of sp³-hybridized carbons (Fsp3) is 0.400. The summed E-state index contributed by atoms with van der Waals surface area (Å²) in [5.74, 6) is -1.55. The maximum Gasteiger partial charge on any atom is 0.266 e. The van der Waals surface area contributed by atoms with E-state index in [0.29, 0.717) is 24.0 Å². The lowest BCUT2D eigenvalue weighted by atomic mass is 9.81. The Morgan fingerprint density at radius 3 is 2.56 bits per heavy atom. The molecule has 1 atom stereocenters. The minimum absolute atomic E-state index is 0.0654. The minimum atomic E-state index is -1.02. The van der Waals surface area contributed by atoms with Crippen molar-refractivity contribution in [3.05, 3.63) is 64.9 Å². The Kier molecular flexibility index (Phi) is 5.98. The van der Waals surface area contributed by atoms with Crippen LogP contribution in [-0.2, 0) is 9.59 Å². The molecule has 0 radical (unpaired) electrons. The number of nitrogens with one attached hydrogen (secondary N) is 1. The second-order valence-corrected chi connectivity index (χ2v) is 11.4. The van der Waals surface area contributed by atoms with Gasteiger partial charge in [0.1, 0.15) is 17.6 Å². The van der Waals surface area contributed by atoms with Gasteiger partial charge in [0.2, 0.25) is 11.8 Å². The molecule has 7 rings (SSSR count). The van der Waals surface area contributed by atoms with E-state index >= 15 is 0 Å². The van der Waals surface area contributed by atoms with Crippen molar-refractivity contribution in [2.45, 2.75) is 63.5 Å². The van der Waals surface area contributed by atoms with Gasteiger partial charge in [-0.2, -0.15) is 5.10 Å². The first kappa shape index (κ1) is 25.6. The zero-order valence-corrected chi connectivity index (χ0v) is 22.4. The molecule has 210 valence electrons. The third kappa shape index (κ3) is 4.39. The van der Waals surface area contributed by atoms with Gasteiger partial charge in [0.25, 0.3) is 11.8 Å². The van der Waals surface area contributed by atoms with Gasteiger partial charge < -0.3 is 4.74 Å². The van der Waals surface area contributed by atoms with Crippen molar-refractivity contribution in [3.63, 3.8) is 0 Å². The van der Waals surface area contributed by atoms with E-state index < -0.39 is 29.7 Å². The second-order valence-electron chi connectivity index (χ2n) is 11.4. The fourth-order valence-corrected chi connectivity index (χ4v) is 6.01. The Bertz CT molecular complexity index is 1620. The fourth-order valence-electron chi connectivity index (χ4n) is 6.01. The number of pyridine rings is 1. The van der Waals surface area contributed by atoms with Gasteiger partial charge in [0.15, 0.2) is 0 Å². The number of ether oxygens (including phenoxy) is 1. The van der Waals surface area contributed by atoms with Crippen molar-refractivity contribution in [3.8, 4) is 17.0 Å². The van der Waals surface area contributed by atoms with Gasteiger partial charge in [-0.05, 0) is 69.2 Å². The maximum absolute atomic E-state index is 13.8. The molecule has 2 aromatic heterocycles. The van der Waals surface area contributed by atoms with Crippen LogP contribution in [0.5, 0.6) is 5.75 Å². The molecule has 1 N–H and O–H groups in total. The number of carbonyl (C=O) groups is 4. The number of aromatic nitrogens is 3. The number of aryl methyl sites for hydroxylation is 1. The molecule has 3 aromatic rings. The van der Waals surface area contributed by atoms with E-state index in [1.54, 1.807) is 31.2 Å². The van der Waals surface area contributed by atoms with Crippen molar-refractivity contribution in [2.24, 2.45) is 5.92 Å². The zero-order chi connectivity index (χ0) is 28.4. The van der Waals surface area contributed by atoms with Gasteiger partial charge in [-0.3, -0.25) is 34.1 Å². The van der Waals surface area contributed by atoms with E-state index in [1.165, 1.54) is 6.07 Å². The first-order chi connectivity index (χ1) is 19.8. The second kappa shape index (κ2) is 9.60. The van der Waals surface area contributed by atoms with Crippen LogP contribution < -0.4 is 10.1 Å². The van der Waals surface area contributed by atoms with Gasteiger partial charge >= 0.3 is 0 Å². The maximum atomic E-state index is 13.8. The molecule has 1 unspecified atom stereocenters. The number of benzene rings is 1. The molecular formula is C30H28FN5O5. The highest BCUT2D eigenvalue weighted by Gasteiger charge is 2.46. The Hall–Kier alpha value is -4.41. The number of fused-ring (bicyclic) bond motifs is 1. The van der Waals surface area contributed by atoms with E-state index in [9.17, 15) is 23.6 Å². The van der Waals surface area contributed by atoms with Crippen molar-refractivity contribution in [1.82, 2.24) is 25.0 Å². The summed E-state index contributed by atoms with van der Waals surface area (Å²) in [5.41, 5.74) is 3.44. The molecule has 11 heteroatoms. The summed E-state index contributed by atoms with van der Waals surface area (Å²) in [5, 5.41) is 7.11. The monoisotopic (exact) mass is 557 g/mol. The predicted octanol–water partition coefficient (Wildman–Crippen LogP) is 3.70. The van der Waals surface area contributed by atoms with Crippen LogP contribution in [0.15, 0.2) is 36.5 Å². The number of carbonyl (C=O) groups excluding carboxylic acids is 4. The third-order valence-corrected chi connectivity index (χ3v) is 8.51. The van der Waals surface area contributed by atoms with E-state index in [-0.39, 0.29) is 41.7 Å². The van der Waals surface area contributed by atoms with Gasteiger partial charge in [0, 0.05) is 24.1 Å². The molecule has 1 saturated heterocycles. The molecule has 0 spiro atoms. The molecule has 10 nitrogen and oxygen atoms in total. The molecule has 41 heavy (non-hydrogen) atoms. The Morgan fingerprint density at radius 2 is 1.83 bits per heavy atom. The number of imide groups is 2. The molecule has 4 amide bonds. The van der Waals surface area contributed by atoms with E-state index in [4.69, 9.17) is 9.84 Å². The highest BCUT2D eigenvalue weighted by Crippen LogP contribution is 2.46. The molecule has 2 aliphatic carbocycles. The largest absolute Gasteiger partial charge is 0.492 e. The van der Waals surface area contributed by atoms with Crippen LogP contribution in [0.25, 0.3) is 11.3 Å². The minimum Gasteiger partial charge on any atom is -0.492 e. The first-order valence-electron chi connectivity index (χ1n) is 14.0. The van der Waals surface area contributed by atoms with Gasteiger partial charge in [-0.1, -0.05) is 6.07 Å². The number of rotatable bonds is 7. The summed E-state index contributed by atoms with van der Waals surface area (Å²) in [6, 6.07) is 7.21. The van der Waals surface area contributed by atoms with Gasteiger partial charge in [0.05, 0.1) is 40.9 Å². The molecule has 4 aliphatic rings. The summed E-state index contributed by atoms with van der Waals surface area (Å²) >= 11 is 0. The van der Waals surface area contributed by atoms with Crippen LogP contribution in [0.4, 0.5) is 4.39 Å². The molecule has 2 saturated carbocycles. The average molecular weight is 558 g/mol. The lowest BCUT2D eigenvalue weighted by Gasteiger charge is -2.35. The van der Waals surface area contributed by atoms with E-state index in [1.807, 2.05) is 10.9 Å². The first-order valence-corrected chi connectivity index (χ1v) is 14.0. The summed E-state index contributed by atoms with van der Waals surface area (Å²) in [4.78, 5) is 55.7. The van der Waals surface area contributed by atoms with Crippen molar-refractivity contribution >= 4 is 23.6 Å². The molecular weight excluding hydrogens is 529 g/mol. The van der Waals surface area contributed by atoms with Gasteiger partial charge in [-0.25, -0.2) is 9.37 Å². The van der Waals surface area contributed by atoms with E-state index in [2.05, 4.69) is 10.3 Å². The van der Waals surface area contributed by atoms with Crippen molar-refractivity contribution in [1.29, 1.82) is 0 Å². The van der Waals surface area contributed by atoms with E-state index in [0.717, 1.165) is 47.5 Å². The number of piperidine rings is 1. The summed E-state index contributed by atoms with van der Waals surface area (Å²) in [6.07, 6.45) is 6.05. The summed E-state index contributed by atoms with van der Waals surface area (Å²) in [6.45, 7) is 2.03. The van der Waals surface area contributed by atoms with Crippen molar-refractivity contribution < 1.29 is 28.3 Å². The molecule has 2 aliphatic heterocycles. The highest BCUT2D eigenvalue weighted by molar-refractivity contribution is 6.24. The summed E-state index contributed by atoms with van der Waals surface area (Å²) in [7, 11) is 0. The Balaban J connectivity index is 1.02. The smallest absolute Gasteiger partial charge is 0.266 e. The summed E-state index contributed by atoms with van der Waals surface area (Å²) < 4.78 is 21.9. The molecule has 4 heterocycles. The molecule has 0 bridgehead atoms. The number of halogens is 1. The van der Waals surface area contributed by atoms with Crippen LogP contribution in [0.1, 0.15) is 82.6 Å². The highest BCUT2D eigenvalue weighted by atomic mass is 19.1. The van der Waals surface area contributed by atoms with Gasteiger partial charge in [-0.15, -0.1) is 0 Å². The predicted molar refractivity (Wildman–Crippen MR) is 142 cm³/mol. The number of nitrogens with zero attached hydrogens (tertiary/aromatic N) is 4. The quantitative estimate of drug-likeness (QED) is 0.440. The number of amides is 4. The number of hydrogen-bond acceptors (Lipinski definition) is 7. The number of hydrogen-bond donors (Lipinski definition) is 1. The van der Waals surface area contributed by atoms with Crippen LogP contribution >= 0.6 is 0 Å². The van der Waals surface area contributed by atoms with Crippen LogP contribution in [0, 0.1) is 18.7 Å². The lowest BCUT2D eigenvalue weighted by molar-refractivity contribution is -0.136.